The van der Waals surface area contributed by atoms with E-state index in [1.165, 1.54) is 4.91 Å². The molecule has 1 unspecified atom stereocenters. The maximum atomic E-state index is 5.60. The predicted molar refractivity (Wildman–Crippen MR) is 67.7 cm³/mol. The Morgan fingerprint density at radius 3 is 2.81 bits per heavy atom. The van der Waals surface area contributed by atoms with Crippen molar-refractivity contribution in [3.05, 3.63) is 29.2 Å². The summed E-state index contributed by atoms with van der Waals surface area (Å²) < 4.78 is 0. The van der Waals surface area contributed by atoms with Crippen molar-refractivity contribution in [2.75, 3.05) is 11.5 Å². The molecular formula is C11H14N4S. The fourth-order valence-electron chi connectivity index (χ4n) is 1.42. The van der Waals surface area contributed by atoms with Crippen LogP contribution >= 0.6 is 11.8 Å². The molecule has 84 valence electrons. The summed E-state index contributed by atoms with van der Waals surface area (Å²) in [4.78, 5) is 9.13. The minimum atomic E-state index is 0.219. The number of rotatable bonds is 2. The lowest BCUT2D eigenvalue weighted by Gasteiger charge is -2.11. The normalized spacial score (nSPS) is 19.6. The Kier molecular flexibility index (Phi) is 3.14. The zero-order valence-corrected chi connectivity index (χ0v) is 9.87. The molecule has 16 heavy (non-hydrogen) atoms. The molecule has 1 heterocycles. The monoisotopic (exact) mass is 234 g/mol. The van der Waals surface area contributed by atoms with Crippen molar-refractivity contribution in [3.8, 4) is 0 Å². The van der Waals surface area contributed by atoms with Gasteiger partial charge in [-0.2, -0.15) is 4.98 Å². The van der Waals surface area contributed by atoms with Crippen LogP contribution in [0.3, 0.4) is 0 Å². The van der Waals surface area contributed by atoms with Gasteiger partial charge in [-0.15, -0.1) is 0 Å². The molecule has 0 aromatic carbocycles. The number of thioether (sulfide) groups is 1. The maximum Gasteiger partial charge on any atom is 0.223 e. The summed E-state index contributed by atoms with van der Waals surface area (Å²) in [5, 5.41) is 0.787. The summed E-state index contributed by atoms with van der Waals surface area (Å²) in [7, 11) is 0. The van der Waals surface area contributed by atoms with E-state index in [9.17, 15) is 0 Å². The summed E-state index contributed by atoms with van der Waals surface area (Å²) in [5.41, 5.74) is 11.1. The maximum absolute atomic E-state index is 5.60. The molecule has 0 saturated heterocycles. The van der Waals surface area contributed by atoms with Crippen molar-refractivity contribution < 1.29 is 0 Å². The summed E-state index contributed by atoms with van der Waals surface area (Å²) in [6.45, 7) is 2.19. The number of aromatic nitrogens is 2. The minimum Gasteiger partial charge on any atom is -0.383 e. The largest absolute Gasteiger partial charge is 0.383 e. The molecular weight excluding hydrogens is 220 g/mol. The Hall–Kier alpha value is -1.49. The van der Waals surface area contributed by atoms with Gasteiger partial charge < -0.3 is 11.5 Å². The Balaban J connectivity index is 2.13. The van der Waals surface area contributed by atoms with E-state index in [1.54, 1.807) is 17.8 Å². The standard InChI is InChI=1S/C11H14N4S/c1-7-2-4-8(5-3-7)16-10-6-9(12)14-11(13)15-10/h2,4-7H,3H2,1H3,(H4,12,13,14,15). The highest BCUT2D eigenvalue weighted by Crippen LogP contribution is 2.30. The molecule has 4 nitrogen and oxygen atoms in total. The zero-order chi connectivity index (χ0) is 11.5. The van der Waals surface area contributed by atoms with Crippen LogP contribution in [0.15, 0.2) is 34.2 Å². The summed E-state index contributed by atoms with van der Waals surface area (Å²) in [6.07, 6.45) is 7.56. The highest BCUT2D eigenvalue weighted by atomic mass is 32.2. The number of allylic oxidation sites excluding steroid dienone is 3. The second-order valence-electron chi connectivity index (χ2n) is 3.77. The van der Waals surface area contributed by atoms with E-state index in [4.69, 9.17) is 11.5 Å². The van der Waals surface area contributed by atoms with Crippen molar-refractivity contribution in [1.29, 1.82) is 0 Å². The first-order chi connectivity index (χ1) is 7.63. The van der Waals surface area contributed by atoms with Crippen LogP contribution in [0, 0.1) is 5.92 Å². The van der Waals surface area contributed by atoms with Gasteiger partial charge in [-0.1, -0.05) is 36.9 Å². The number of nitrogens with two attached hydrogens (primary N) is 2. The third-order valence-electron chi connectivity index (χ3n) is 2.24. The van der Waals surface area contributed by atoms with E-state index >= 15 is 0 Å². The Morgan fingerprint density at radius 2 is 2.19 bits per heavy atom. The lowest BCUT2D eigenvalue weighted by Crippen LogP contribution is -2.00. The molecule has 0 aliphatic heterocycles. The number of nitrogen functional groups attached to an aromatic ring is 2. The van der Waals surface area contributed by atoms with Crippen LogP contribution in [0.5, 0.6) is 0 Å². The van der Waals surface area contributed by atoms with Gasteiger partial charge >= 0.3 is 0 Å². The first-order valence-corrected chi connectivity index (χ1v) is 5.91. The fraction of sp³-hybridized carbons (Fsp3) is 0.273. The van der Waals surface area contributed by atoms with Gasteiger partial charge in [0.05, 0.1) is 0 Å². The molecule has 2 rings (SSSR count). The van der Waals surface area contributed by atoms with Crippen molar-refractivity contribution in [3.63, 3.8) is 0 Å². The van der Waals surface area contributed by atoms with Gasteiger partial charge in [-0.25, -0.2) is 4.98 Å². The highest BCUT2D eigenvalue weighted by Gasteiger charge is 2.07. The van der Waals surface area contributed by atoms with Crippen LogP contribution in [0.1, 0.15) is 13.3 Å². The molecule has 1 aromatic rings. The molecule has 0 radical (unpaired) electrons. The molecule has 1 aromatic heterocycles. The van der Waals surface area contributed by atoms with Crippen LogP contribution in [0.4, 0.5) is 11.8 Å². The lowest BCUT2D eigenvalue weighted by atomic mass is 10.0. The summed E-state index contributed by atoms with van der Waals surface area (Å²) >= 11 is 1.56. The SMILES string of the molecule is CC1C=CC(Sc2cc(N)nc(N)n2)=CC1. The molecule has 1 aliphatic rings. The van der Waals surface area contributed by atoms with E-state index in [2.05, 4.69) is 35.1 Å². The summed E-state index contributed by atoms with van der Waals surface area (Å²) in [5.74, 6) is 1.24. The number of anilines is 2. The highest BCUT2D eigenvalue weighted by molar-refractivity contribution is 8.03. The average molecular weight is 234 g/mol. The first kappa shape index (κ1) is 11.0. The van der Waals surface area contributed by atoms with Crippen LogP contribution in [-0.4, -0.2) is 9.97 Å². The predicted octanol–water partition coefficient (Wildman–Crippen LogP) is 2.21. The van der Waals surface area contributed by atoms with Crippen molar-refractivity contribution in [2.45, 2.75) is 18.4 Å². The van der Waals surface area contributed by atoms with Gasteiger partial charge in [0.2, 0.25) is 5.95 Å². The molecule has 5 heteroatoms. The minimum absolute atomic E-state index is 0.219. The van der Waals surface area contributed by atoms with Crippen LogP contribution < -0.4 is 11.5 Å². The molecule has 4 N–H and O–H groups in total. The molecule has 0 amide bonds. The first-order valence-electron chi connectivity index (χ1n) is 5.10. The van der Waals surface area contributed by atoms with E-state index in [0.29, 0.717) is 11.7 Å². The van der Waals surface area contributed by atoms with Gasteiger partial charge in [0.25, 0.3) is 0 Å². The van der Waals surface area contributed by atoms with E-state index < -0.39 is 0 Å². The third kappa shape index (κ3) is 2.76. The smallest absolute Gasteiger partial charge is 0.223 e. The number of nitrogens with zero attached hydrogens (tertiary/aromatic N) is 2. The topological polar surface area (TPSA) is 77.8 Å². The van der Waals surface area contributed by atoms with Crippen molar-refractivity contribution >= 4 is 23.5 Å². The van der Waals surface area contributed by atoms with E-state index in [0.717, 1.165) is 11.4 Å². The Bertz CT molecular complexity index is 433. The van der Waals surface area contributed by atoms with Gasteiger partial charge in [-0.05, 0) is 12.3 Å². The molecule has 0 saturated carbocycles. The zero-order valence-electron chi connectivity index (χ0n) is 9.05. The summed E-state index contributed by atoms with van der Waals surface area (Å²) in [6, 6.07) is 1.73. The lowest BCUT2D eigenvalue weighted by molar-refractivity contribution is 0.735. The number of hydrogen-bond donors (Lipinski definition) is 2. The van der Waals surface area contributed by atoms with Crippen molar-refractivity contribution in [2.24, 2.45) is 5.92 Å². The average Bonchev–Trinajstić information content (AvgIpc) is 2.20. The number of hydrogen-bond acceptors (Lipinski definition) is 5. The molecule has 1 aliphatic carbocycles. The Labute approximate surface area is 98.8 Å². The Morgan fingerprint density at radius 1 is 1.38 bits per heavy atom. The molecule has 1 atom stereocenters. The molecule has 0 spiro atoms. The second-order valence-corrected chi connectivity index (χ2v) is 4.86. The fourth-order valence-corrected chi connectivity index (χ4v) is 2.30. The van der Waals surface area contributed by atoms with E-state index in [-0.39, 0.29) is 5.95 Å². The van der Waals surface area contributed by atoms with E-state index in [1.807, 2.05) is 0 Å². The quantitative estimate of drug-likeness (QED) is 0.767. The van der Waals surface area contributed by atoms with Gasteiger partial charge in [0.1, 0.15) is 10.8 Å². The van der Waals surface area contributed by atoms with Crippen molar-refractivity contribution in [1.82, 2.24) is 9.97 Å². The molecule has 0 fully saturated rings. The second kappa shape index (κ2) is 4.57. The van der Waals surface area contributed by atoms with Crippen LogP contribution in [0.25, 0.3) is 0 Å². The van der Waals surface area contributed by atoms with Gasteiger partial charge in [0.15, 0.2) is 0 Å². The van der Waals surface area contributed by atoms with Gasteiger partial charge in [0, 0.05) is 11.0 Å². The van der Waals surface area contributed by atoms with Crippen LogP contribution in [0.2, 0.25) is 0 Å². The third-order valence-corrected chi connectivity index (χ3v) is 3.20. The van der Waals surface area contributed by atoms with Gasteiger partial charge in [-0.3, -0.25) is 0 Å². The van der Waals surface area contributed by atoms with Crippen LogP contribution in [-0.2, 0) is 0 Å². The molecule has 0 bridgehead atoms.